The maximum Gasteiger partial charge on any atom is 0.356 e. The first-order chi connectivity index (χ1) is 14.5. The predicted octanol–water partition coefficient (Wildman–Crippen LogP) is 5.08. The molecule has 0 saturated carbocycles. The Balaban J connectivity index is 2.25. The molecular formula is C21H21N5O4. The van der Waals surface area contributed by atoms with E-state index in [-0.39, 0.29) is 18.9 Å². The number of azide groups is 1. The molecule has 2 aromatic heterocycles. The number of hydrogen-bond acceptors (Lipinski definition) is 5. The smallest absolute Gasteiger partial charge is 0.356 e. The van der Waals surface area contributed by atoms with Gasteiger partial charge in [-0.1, -0.05) is 23.3 Å². The van der Waals surface area contributed by atoms with Gasteiger partial charge in [0, 0.05) is 22.5 Å². The third-order valence-electron chi connectivity index (χ3n) is 4.49. The Bertz CT molecular complexity index is 1140. The van der Waals surface area contributed by atoms with E-state index in [0.29, 0.717) is 33.9 Å². The molecule has 30 heavy (non-hydrogen) atoms. The first-order valence-electron chi connectivity index (χ1n) is 9.41. The van der Waals surface area contributed by atoms with Gasteiger partial charge in [0.15, 0.2) is 0 Å². The third kappa shape index (κ3) is 3.92. The predicted molar refractivity (Wildman–Crippen MR) is 111 cm³/mol. The number of H-pyrrole nitrogens is 1. The number of aromatic nitrogens is 2. The molecule has 0 aliphatic heterocycles. The first kappa shape index (κ1) is 20.8. The van der Waals surface area contributed by atoms with E-state index in [1.54, 1.807) is 61.9 Å². The lowest BCUT2D eigenvalue weighted by Gasteiger charge is -2.13. The van der Waals surface area contributed by atoms with Gasteiger partial charge in [0.1, 0.15) is 5.69 Å². The molecule has 0 spiro atoms. The summed E-state index contributed by atoms with van der Waals surface area (Å²) in [5.74, 6) is -0.966. The average Bonchev–Trinajstić information content (AvgIpc) is 3.33. The lowest BCUT2D eigenvalue weighted by molar-refractivity contribution is 0.0514. The molecule has 0 aliphatic carbocycles. The van der Waals surface area contributed by atoms with Gasteiger partial charge >= 0.3 is 11.9 Å². The van der Waals surface area contributed by atoms with Crippen LogP contribution in [0.2, 0.25) is 0 Å². The van der Waals surface area contributed by atoms with Gasteiger partial charge in [0.2, 0.25) is 0 Å². The molecule has 0 amide bonds. The fraction of sp³-hybridized carbons (Fsp3) is 0.238. The lowest BCUT2D eigenvalue weighted by Crippen LogP contribution is -2.11. The number of carbonyl (C=O) groups excluding carboxylic acids is 2. The van der Waals surface area contributed by atoms with Gasteiger partial charge < -0.3 is 19.0 Å². The van der Waals surface area contributed by atoms with Crippen molar-refractivity contribution >= 4 is 17.6 Å². The Hall–Kier alpha value is -3.97. The molecule has 9 nitrogen and oxygen atoms in total. The van der Waals surface area contributed by atoms with Crippen LogP contribution in [0.25, 0.3) is 27.4 Å². The van der Waals surface area contributed by atoms with E-state index in [4.69, 9.17) is 15.0 Å². The summed E-state index contributed by atoms with van der Waals surface area (Å²) >= 11 is 0. The zero-order chi connectivity index (χ0) is 21.7. The van der Waals surface area contributed by atoms with E-state index in [1.807, 2.05) is 6.07 Å². The molecule has 2 heterocycles. The van der Waals surface area contributed by atoms with E-state index in [9.17, 15) is 9.59 Å². The monoisotopic (exact) mass is 407 g/mol. The topological polar surface area (TPSA) is 122 Å². The fourth-order valence-electron chi connectivity index (χ4n) is 3.24. The van der Waals surface area contributed by atoms with Crippen molar-refractivity contribution in [2.24, 2.45) is 5.11 Å². The van der Waals surface area contributed by atoms with Crippen LogP contribution >= 0.6 is 0 Å². The molecule has 0 radical (unpaired) electrons. The second kappa shape index (κ2) is 9.02. The minimum absolute atomic E-state index is 0.233. The second-order valence-electron chi connectivity index (χ2n) is 6.28. The maximum atomic E-state index is 12.5. The van der Waals surface area contributed by atoms with Crippen LogP contribution in [0.3, 0.4) is 0 Å². The van der Waals surface area contributed by atoms with Crippen molar-refractivity contribution in [2.45, 2.75) is 20.8 Å². The number of aromatic amines is 1. The summed E-state index contributed by atoms with van der Waals surface area (Å²) in [6, 6.07) is 10.4. The van der Waals surface area contributed by atoms with Gasteiger partial charge in [-0.05, 0) is 50.1 Å². The van der Waals surface area contributed by atoms with Gasteiger partial charge in [0.05, 0.1) is 30.2 Å². The van der Waals surface area contributed by atoms with E-state index >= 15 is 0 Å². The summed E-state index contributed by atoms with van der Waals surface area (Å²) in [4.78, 5) is 30.7. The zero-order valence-corrected chi connectivity index (χ0v) is 16.9. The number of nitrogens with zero attached hydrogens (tertiary/aromatic N) is 4. The van der Waals surface area contributed by atoms with Crippen molar-refractivity contribution in [3.63, 3.8) is 0 Å². The van der Waals surface area contributed by atoms with Crippen LogP contribution in [0.1, 0.15) is 40.4 Å². The Labute approximate surface area is 172 Å². The van der Waals surface area contributed by atoms with Crippen molar-refractivity contribution < 1.29 is 19.1 Å². The number of esters is 2. The van der Waals surface area contributed by atoms with E-state index in [2.05, 4.69) is 15.0 Å². The third-order valence-corrected chi connectivity index (χ3v) is 4.49. The van der Waals surface area contributed by atoms with Gasteiger partial charge in [0.25, 0.3) is 0 Å². The standard InChI is InChI=1S/C21H21N5O4/c1-4-29-20(27)16-12-18(14-7-6-8-15(11-14)24-25-22)26(13(16)3)17-9-10-23-19(17)21(28)30-5-2/h6-12,23H,4-5H2,1-3H3. The van der Waals surface area contributed by atoms with E-state index in [1.165, 1.54) is 0 Å². The van der Waals surface area contributed by atoms with Crippen LogP contribution in [0.4, 0.5) is 5.69 Å². The van der Waals surface area contributed by atoms with Gasteiger partial charge in [-0.25, -0.2) is 9.59 Å². The number of ether oxygens (including phenoxy) is 2. The van der Waals surface area contributed by atoms with Crippen LogP contribution < -0.4 is 0 Å². The highest BCUT2D eigenvalue weighted by Crippen LogP contribution is 2.33. The highest BCUT2D eigenvalue weighted by molar-refractivity contribution is 5.95. The summed E-state index contributed by atoms with van der Waals surface area (Å²) in [7, 11) is 0. The van der Waals surface area contributed by atoms with E-state index < -0.39 is 11.9 Å². The number of hydrogen-bond donors (Lipinski definition) is 1. The minimum atomic E-state index is -0.503. The van der Waals surface area contributed by atoms with Crippen LogP contribution in [0.5, 0.6) is 0 Å². The molecule has 9 heteroatoms. The van der Waals surface area contributed by atoms with Crippen LogP contribution in [0, 0.1) is 6.92 Å². The fourth-order valence-corrected chi connectivity index (χ4v) is 3.24. The van der Waals surface area contributed by atoms with E-state index in [0.717, 1.165) is 0 Å². The van der Waals surface area contributed by atoms with Crippen LogP contribution in [0.15, 0.2) is 47.7 Å². The molecule has 0 fully saturated rings. The van der Waals surface area contributed by atoms with Crippen molar-refractivity contribution in [1.82, 2.24) is 9.55 Å². The lowest BCUT2D eigenvalue weighted by atomic mass is 10.1. The molecule has 3 aromatic rings. The van der Waals surface area contributed by atoms with Crippen LogP contribution in [-0.2, 0) is 9.47 Å². The van der Waals surface area contributed by atoms with Crippen molar-refractivity contribution in [2.75, 3.05) is 13.2 Å². The number of benzene rings is 1. The SMILES string of the molecule is CCOC(=O)c1cc(-c2cccc(N=[N+]=[N-])c2)n(-c2cc[nH]c2C(=O)OCC)c1C. The van der Waals surface area contributed by atoms with Crippen molar-refractivity contribution in [3.05, 3.63) is 70.0 Å². The van der Waals surface area contributed by atoms with Crippen molar-refractivity contribution in [3.8, 4) is 16.9 Å². The highest BCUT2D eigenvalue weighted by atomic mass is 16.5. The molecule has 0 unspecified atom stereocenters. The average molecular weight is 407 g/mol. The quantitative estimate of drug-likeness (QED) is 0.254. The second-order valence-corrected chi connectivity index (χ2v) is 6.28. The van der Waals surface area contributed by atoms with Gasteiger partial charge in [-0.15, -0.1) is 0 Å². The number of nitrogens with one attached hydrogen (secondary N) is 1. The molecule has 1 N–H and O–H groups in total. The normalized spacial score (nSPS) is 10.4. The Kier molecular flexibility index (Phi) is 6.24. The molecule has 0 bridgehead atoms. The summed E-state index contributed by atoms with van der Waals surface area (Å²) in [6.07, 6.45) is 1.63. The summed E-state index contributed by atoms with van der Waals surface area (Å²) < 4.78 is 12.1. The summed E-state index contributed by atoms with van der Waals surface area (Å²) in [5.41, 5.74) is 12.3. The maximum absolute atomic E-state index is 12.5. The summed E-state index contributed by atoms with van der Waals surface area (Å²) in [5, 5.41) is 3.65. The molecule has 0 saturated heterocycles. The Morgan fingerprint density at radius 2 is 1.87 bits per heavy atom. The Morgan fingerprint density at radius 1 is 1.13 bits per heavy atom. The van der Waals surface area contributed by atoms with Crippen molar-refractivity contribution in [1.29, 1.82) is 0 Å². The number of rotatable bonds is 7. The minimum Gasteiger partial charge on any atom is -0.462 e. The Morgan fingerprint density at radius 3 is 2.57 bits per heavy atom. The summed E-state index contributed by atoms with van der Waals surface area (Å²) in [6.45, 7) is 5.71. The van der Waals surface area contributed by atoms with Crippen LogP contribution in [-0.4, -0.2) is 34.7 Å². The molecule has 0 aliphatic rings. The first-order valence-corrected chi connectivity index (χ1v) is 9.41. The molecule has 0 atom stereocenters. The largest absolute Gasteiger partial charge is 0.462 e. The highest BCUT2D eigenvalue weighted by Gasteiger charge is 2.24. The molecule has 154 valence electrons. The zero-order valence-electron chi connectivity index (χ0n) is 16.9. The number of carbonyl (C=O) groups is 2. The molecule has 3 rings (SSSR count). The molecule has 1 aromatic carbocycles. The van der Waals surface area contributed by atoms with Gasteiger partial charge in [-0.3, -0.25) is 0 Å². The van der Waals surface area contributed by atoms with Gasteiger partial charge in [-0.2, -0.15) is 0 Å². The molecular weight excluding hydrogens is 386 g/mol.